The summed E-state index contributed by atoms with van der Waals surface area (Å²) in [6.45, 7) is 2.64. The van der Waals surface area contributed by atoms with Crippen molar-refractivity contribution in [2.45, 2.75) is 26.1 Å². The van der Waals surface area contributed by atoms with Gasteiger partial charge in [-0.1, -0.05) is 30.3 Å². The van der Waals surface area contributed by atoms with Crippen molar-refractivity contribution in [1.29, 1.82) is 0 Å². The first-order valence-corrected chi connectivity index (χ1v) is 11.6. The van der Waals surface area contributed by atoms with Crippen LogP contribution in [0.4, 0.5) is 0 Å². The van der Waals surface area contributed by atoms with Gasteiger partial charge in [0.25, 0.3) is 5.56 Å². The number of nitrogens with one attached hydrogen (secondary N) is 2. The normalized spacial score (nSPS) is 13.6. The summed E-state index contributed by atoms with van der Waals surface area (Å²) in [4.78, 5) is 34.1. The minimum absolute atomic E-state index is 0.103. The van der Waals surface area contributed by atoms with Crippen LogP contribution in [0.25, 0.3) is 22.3 Å². The first-order valence-electron chi connectivity index (χ1n) is 11.6. The Balaban J connectivity index is 1.19. The van der Waals surface area contributed by atoms with Crippen molar-refractivity contribution in [3.63, 3.8) is 0 Å². The molecule has 1 aliphatic rings. The van der Waals surface area contributed by atoms with Crippen molar-refractivity contribution >= 4 is 10.9 Å². The lowest BCUT2D eigenvalue weighted by molar-refractivity contribution is 0.242. The second-order valence-corrected chi connectivity index (χ2v) is 8.72. The fourth-order valence-corrected chi connectivity index (χ4v) is 4.53. The Hall–Kier alpha value is -4.30. The summed E-state index contributed by atoms with van der Waals surface area (Å²) in [6, 6.07) is 16.3. The number of fused-ring (bicyclic) bond motifs is 2. The van der Waals surface area contributed by atoms with Gasteiger partial charge in [-0.25, -0.2) is 15.0 Å². The highest BCUT2D eigenvalue weighted by Gasteiger charge is 2.22. The molecule has 0 atom stereocenters. The maximum atomic E-state index is 12.9. The van der Waals surface area contributed by atoms with Crippen molar-refractivity contribution in [2.24, 2.45) is 0 Å². The van der Waals surface area contributed by atoms with Crippen molar-refractivity contribution < 1.29 is 4.74 Å². The molecule has 0 spiro atoms. The third-order valence-corrected chi connectivity index (χ3v) is 6.36. The average Bonchev–Trinajstić information content (AvgIpc) is 3.30. The molecule has 4 heterocycles. The highest BCUT2D eigenvalue weighted by Crippen LogP contribution is 2.27. The van der Waals surface area contributed by atoms with Crippen molar-refractivity contribution in [3.8, 4) is 17.1 Å². The molecular weight excluding hydrogens is 440 g/mol. The maximum absolute atomic E-state index is 12.9. The van der Waals surface area contributed by atoms with Gasteiger partial charge in [0.1, 0.15) is 24.5 Å². The summed E-state index contributed by atoms with van der Waals surface area (Å²) in [6.07, 6.45) is 7.53. The number of H-pyrrole nitrogens is 2. The molecule has 6 rings (SSSR count). The van der Waals surface area contributed by atoms with Gasteiger partial charge in [-0.05, 0) is 29.3 Å². The van der Waals surface area contributed by atoms with Crippen LogP contribution < -0.4 is 10.3 Å². The topological polar surface area (TPSA) is 99.8 Å². The fourth-order valence-electron chi connectivity index (χ4n) is 4.53. The van der Waals surface area contributed by atoms with Gasteiger partial charge in [0, 0.05) is 55.5 Å². The number of hydrogen-bond donors (Lipinski definition) is 2. The van der Waals surface area contributed by atoms with Crippen LogP contribution in [0, 0.1) is 0 Å². The Kier molecular flexibility index (Phi) is 5.56. The maximum Gasteiger partial charge on any atom is 0.255 e. The second kappa shape index (κ2) is 9.15. The second-order valence-electron chi connectivity index (χ2n) is 8.72. The van der Waals surface area contributed by atoms with Crippen LogP contribution in [0.5, 0.6) is 5.75 Å². The molecule has 0 fully saturated rings. The van der Waals surface area contributed by atoms with Crippen LogP contribution in [0.2, 0.25) is 0 Å². The first-order chi connectivity index (χ1) is 17.2. The molecule has 0 saturated heterocycles. The van der Waals surface area contributed by atoms with Crippen LogP contribution in [0.15, 0.2) is 78.2 Å². The molecule has 0 bridgehead atoms. The molecular formula is C27H24N6O2. The molecule has 0 amide bonds. The molecule has 8 nitrogen and oxygen atoms in total. The van der Waals surface area contributed by atoms with E-state index in [1.54, 1.807) is 12.4 Å². The molecule has 2 aromatic carbocycles. The van der Waals surface area contributed by atoms with Gasteiger partial charge in [0.15, 0.2) is 0 Å². The van der Waals surface area contributed by atoms with E-state index in [4.69, 9.17) is 9.72 Å². The van der Waals surface area contributed by atoms with Gasteiger partial charge in [0.2, 0.25) is 0 Å². The number of aromatic amines is 2. The fraction of sp³-hybridized carbons (Fsp3) is 0.185. The summed E-state index contributed by atoms with van der Waals surface area (Å²) in [5, 5.41) is 1.13. The van der Waals surface area contributed by atoms with E-state index in [1.807, 2.05) is 36.5 Å². The molecule has 1 aliphatic heterocycles. The predicted octanol–water partition coefficient (Wildman–Crippen LogP) is 3.85. The standard InChI is InChI=1S/C27H24N6O2/c34-27-23-15-33(9-8-25(23)31-26(32-27)19-11-28-17-29-12-19)14-20-13-30-24-7-6-21(10-22(20)24)35-16-18-4-2-1-3-5-18/h1-7,10-13,17,30H,8-9,14-16H2,(H,31,32,34). The molecule has 35 heavy (non-hydrogen) atoms. The molecule has 5 aromatic rings. The van der Waals surface area contributed by atoms with E-state index >= 15 is 0 Å². The lowest BCUT2D eigenvalue weighted by Crippen LogP contribution is -2.35. The summed E-state index contributed by atoms with van der Waals surface area (Å²) in [7, 11) is 0. The van der Waals surface area contributed by atoms with Gasteiger partial charge in [0.05, 0.1) is 16.8 Å². The summed E-state index contributed by atoms with van der Waals surface area (Å²) in [5.74, 6) is 1.35. The molecule has 8 heteroatoms. The van der Waals surface area contributed by atoms with Gasteiger partial charge in [-0.3, -0.25) is 9.69 Å². The van der Waals surface area contributed by atoms with Crippen LogP contribution in [-0.4, -0.2) is 36.4 Å². The molecule has 2 N–H and O–H groups in total. The Bertz CT molecular complexity index is 1530. The minimum Gasteiger partial charge on any atom is -0.489 e. The third-order valence-electron chi connectivity index (χ3n) is 6.36. The van der Waals surface area contributed by atoms with E-state index in [9.17, 15) is 4.79 Å². The van der Waals surface area contributed by atoms with Gasteiger partial charge in [-0.15, -0.1) is 0 Å². The molecule has 3 aromatic heterocycles. The van der Waals surface area contributed by atoms with Crippen LogP contribution in [-0.2, 0) is 26.1 Å². The highest BCUT2D eigenvalue weighted by atomic mass is 16.5. The van der Waals surface area contributed by atoms with Crippen LogP contribution in [0.3, 0.4) is 0 Å². The Morgan fingerprint density at radius 1 is 1.06 bits per heavy atom. The zero-order valence-corrected chi connectivity index (χ0v) is 19.1. The Morgan fingerprint density at radius 3 is 2.77 bits per heavy atom. The van der Waals surface area contributed by atoms with E-state index in [1.165, 1.54) is 11.9 Å². The largest absolute Gasteiger partial charge is 0.489 e. The van der Waals surface area contributed by atoms with Gasteiger partial charge in [-0.2, -0.15) is 0 Å². The van der Waals surface area contributed by atoms with E-state index in [-0.39, 0.29) is 5.56 Å². The van der Waals surface area contributed by atoms with Gasteiger partial charge >= 0.3 is 0 Å². The highest BCUT2D eigenvalue weighted by molar-refractivity contribution is 5.84. The lowest BCUT2D eigenvalue weighted by Gasteiger charge is -2.27. The zero-order chi connectivity index (χ0) is 23.6. The van der Waals surface area contributed by atoms with Crippen molar-refractivity contribution in [1.82, 2.24) is 29.8 Å². The first kappa shape index (κ1) is 21.2. The van der Waals surface area contributed by atoms with Crippen molar-refractivity contribution in [3.05, 3.63) is 106 Å². The SMILES string of the molecule is O=c1[nH]c(-c2cncnc2)nc2c1CN(Cc1c[nH]c3ccc(OCc4ccccc4)cc13)CC2. The van der Waals surface area contributed by atoms with Crippen molar-refractivity contribution in [2.75, 3.05) is 6.54 Å². The number of nitrogens with zero attached hydrogens (tertiary/aromatic N) is 4. The number of aromatic nitrogens is 5. The predicted molar refractivity (Wildman–Crippen MR) is 133 cm³/mol. The van der Waals surface area contributed by atoms with Crippen LogP contribution >= 0.6 is 0 Å². The monoisotopic (exact) mass is 464 g/mol. The van der Waals surface area contributed by atoms with E-state index in [0.29, 0.717) is 31.0 Å². The molecule has 0 unspecified atom stereocenters. The zero-order valence-electron chi connectivity index (χ0n) is 19.1. The number of ether oxygens (including phenoxy) is 1. The van der Waals surface area contributed by atoms with Crippen LogP contribution in [0.1, 0.15) is 22.4 Å². The average molecular weight is 465 g/mol. The summed E-state index contributed by atoms with van der Waals surface area (Å²) < 4.78 is 6.03. The third kappa shape index (κ3) is 4.43. The number of rotatable bonds is 6. The smallest absolute Gasteiger partial charge is 0.255 e. The van der Waals surface area contributed by atoms with E-state index < -0.39 is 0 Å². The molecule has 174 valence electrons. The molecule has 0 aliphatic carbocycles. The molecule has 0 saturated carbocycles. The molecule has 0 radical (unpaired) electrons. The lowest BCUT2D eigenvalue weighted by atomic mass is 10.1. The number of hydrogen-bond acceptors (Lipinski definition) is 6. The van der Waals surface area contributed by atoms with Gasteiger partial charge < -0.3 is 14.7 Å². The quantitative estimate of drug-likeness (QED) is 0.396. The minimum atomic E-state index is -0.103. The summed E-state index contributed by atoms with van der Waals surface area (Å²) in [5.41, 5.74) is 5.56. The Morgan fingerprint density at radius 2 is 1.91 bits per heavy atom. The Labute approximate surface area is 201 Å². The van der Waals surface area contributed by atoms with E-state index in [2.05, 4.69) is 43.0 Å². The number of benzene rings is 2. The summed E-state index contributed by atoms with van der Waals surface area (Å²) >= 11 is 0. The van der Waals surface area contributed by atoms with E-state index in [0.717, 1.165) is 46.6 Å².